The number of rotatable bonds is 10. The van der Waals surface area contributed by atoms with Gasteiger partial charge >= 0.3 is 0 Å². The maximum absolute atomic E-state index is 12.5. The van der Waals surface area contributed by atoms with Crippen molar-refractivity contribution in [2.24, 2.45) is 0 Å². The molecule has 0 bridgehead atoms. The minimum Gasteiger partial charge on any atom is -0.481 e. The van der Waals surface area contributed by atoms with Crippen molar-refractivity contribution >= 4 is 26.8 Å². The fourth-order valence-electron chi connectivity index (χ4n) is 4.15. The molecule has 0 amide bonds. The summed E-state index contributed by atoms with van der Waals surface area (Å²) in [5.74, 6) is 6.88. The average molecular weight is 542 g/mol. The van der Waals surface area contributed by atoms with E-state index in [-0.39, 0.29) is 0 Å². The van der Waals surface area contributed by atoms with Crippen molar-refractivity contribution in [3.05, 3.63) is 52.0 Å². The molecule has 2 aromatic heterocycles. The van der Waals surface area contributed by atoms with Crippen LogP contribution in [-0.2, 0) is 5.60 Å². The molecule has 0 saturated carbocycles. The Hall–Kier alpha value is -2.86. The molecule has 0 aliphatic heterocycles. The first-order valence-corrected chi connectivity index (χ1v) is 12.1. The number of benzene rings is 1. The first-order chi connectivity index (χ1) is 16.7. The quantitative estimate of drug-likeness (QED) is 0.371. The summed E-state index contributed by atoms with van der Waals surface area (Å²) >= 11 is 3.55. The van der Waals surface area contributed by atoms with E-state index in [4.69, 9.17) is 19.2 Å². The van der Waals surface area contributed by atoms with E-state index in [1.807, 2.05) is 43.3 Å². The highest BCUT2D eigenvalue weighted by Crippen LogP contribution is 2.46. The van der Waals surface area contributed by atoms with Gasteiger partial charge in [0.15, 0.2) is 0 Å². The van der Waals surface area contributed by atoms with Crippen LogP contribution < -0.4 is 14.2 Å². The minimum absolute atomic E-state index is 0.357. The lowest BCUT2D eigenvalue weighted by Gasteiger charge is -2.38. The molecular weight excluding hydrogens is 510 g/mol. The van der Waals surface area contributed by atoms with Crippen molar-refractivity contribution in [1.82, 2.24) is 14.9 Å². The summed E-state index contributed by atoms with van der Waals surface area (Å²) < 4.78 is 17.5. The van der Waals surface area contributed by atoms with Crippen LogP contribution in [0.4, 0.5) is 0 Å². The summed E-state index contributed by atoms with van der Waals surface area (Å²) in [6.07, 6.45) is 0.816. The Kier molecular flexibility index (Phi) is 8.95. The first kappa shape index (κ1) is 26.7. The molecule has 1 aromatic carbocycles. The molecule has 0 aliphatic rings. The lowest BCUT2D eigenvalue weighted by Crippen LogP contribution is -2.37. The maximum Gasteiger partial charge on any atom is 0.217 e. The van der Waals surface area contributed by atoms with Gasteiger partial charge in [-0.05, 0) is 57.3 Å². The number of ether oxygens (including phenoxy) is 3. The molecule has 8 heteroatoms. The standard InChI is InChI=1S/C27H32BrN3O4/c1-7-8-9-22(21-15-18-14-20(28)10-11-23(18)29-26(21)35-6)27(32,12-13-31(2)3)19-16-24(33-4)30-25(17-19)34-5/h10-11,14-17,22,32H,9,12-13H2,1-6H3. The van der Waals surface area contributed by atoms with Gasteiger partial charge in [-0.2, -0.15) is 4.98 Å². The molecule has 0 radical (unpaired) electrons. The third kappa shape index (κ3) is 6.04. The molecule has 2 atom stereocenters. The summed E-state index contributed by atoms with van der Waals surface area (Å²) in [6, 6.07) is 11.4. The Bertz CT molecular complexity index is 1220. The molecule has 0 aliphatic carbocycles. The fourth-order valence-corrected chi connectivity index (χ4v) is 4.53. The minimum atomic E-state index is -1.35. The van der Waals surface area contributed by atoms with E-state index in [1.165, 1.54) is 0 Å². The molecule has 7 nitrogen and oxygen atoms in total. The normalized spacial score (nSPS) is 13.6. The lowest BCUT2D eigenvalue weighted by molar-refractivity contribution is -0.00704. The largest absolute Gasteiger partial charge is 0.481 e. The molecule has 186 valence electrons. The van der Waals surface area contributed by atoms with Crippen LogP contribution in [0.1, 0.15) is 36.8 Å². The molecule has 0 fully saturated rings. The topological polar surface area (TPSA) is 76.9 Å². The van der Waals surface area contributed by atoms with E-state index in [0.717, 1.165) is 20.9 Å². The molecule has 3 aromatic rings. The smallest absolute Gasteiger partial charge is 0.217 e. The Morgan fingerprint density at radius 3 is 2.29 bits per heavy atom. The monoisotopic (exact) mass is 541 g/mol. The number of hydrogen-bond acceptors (Lipinski definition) is 7. The van der Waals surface area contributed by atoms with Crippen LogP contribution in [0.3, 0.4) is 0 Å². The number of nitrogens with zero attached hydrogens (tertiary/aromatic N) is 3. The Balaban J connectivity index is 2.31. The predicted octanol–water partition coefficient (Wildman–Crippen LogP) is 4.75. The van der Waals surface area contributed by atoms with Crippen LogP contribution in [0.5, 0.6) is 17.6 Å². The second-order valence-electron chi connectivity index (χ2n) is 8.53. The van der Waals surface area contributed by atoms with Gasteiger partial charge in [0.25, 0.3) is 0 Å². The van der Waals surface area contributed by atoms with Crippen LogP contribution in [0.15, 0.2) is 40.9 Å². The van der Waals surface area contributed by atoms with Crippen molar-refractivity contribution in [2.45, 2.75) is 31.3 Å². The van der Waals surface area contributed by atoms with Crippen LogP contribution in [-0.4, -0.2) is 61.9 Å². The van der Waals surface area contributed by atoms with E-state index in [9.17, 15) is 5.11 Å². The van der Waals surface area contributed by atoms with E-state index in [0.29, 0.717) is 42.6 Å². The SMILES string of the molecule is CC#CCC(c1cc2cc(Br)ccc2nc1OC)C(O)(CCN(C)C)c1cc(OC)nc(OC)c1. The number of aliphatic hydroxyl groups is 1. The molecule has 0 spiro atoms. The molecule has 0 saturated heterocycles. The molecule has 2 unspecified atom stereocenters. The van der Waals surface area contributed by atoms with Crippen molar-refractivity contribution in [1.29, 1.82) is 0 Å². The molecule has 2 heterocycles. The van der Waals surface area contributed by atoms with E-state index < -0.39 is 11.5 Å². The summed E-state index contributed by atoms with van der Waals surface area (Å²) in [5, 5.41) is 13.5. The molecule has 1 N–H and O–H groups in total. The van der Waals surface area contributed by atoms with Gasteiger partial charge in [-0.3, -0.25) is 0 Å². The van der Waals surface area contributed by atoms with Crippen molar-refractivity contribution in [2.75, 3.05) is 42.0 Å². The molecule has 3 rings (SSSR count). The van der Waals surface area contributed by atoms with E-state index in [2.05, 4.69) is 32.8 Å². The highest BCUT2D eigenvalue weighted by atomic mass is 79.9. The zero-order valence-electron chi connectivity index (χ0n) is 21.1. The fraction of sp³-hybridized carbons (Fsp3) is 0.407. The third-order valence-electron chi connectivity index (χ3n) is 6.03. The third-order valence-corrected chi connectivity index (χ3v) is 6.53. The van der Waals surface area contributed by atoms with Gasteiger partial charge in [0, 0.05) is 46.4 Å². The Morgan fingerprint density at radius 2 is 1.71 bits per heavy atom. The molecule has 35 heavy (non-hydrogen) atoms. The predicted molar refractivity (Wildman–Crippen MR) is 141 cm³/mol. The van der Waals surface area contributed by atoms with Crippen molar-refractivity contribution < 1.29 is 19.3 Å². The van der Waals surface area contributed by atoms with Gasteiger partial charge in [-0.25, -0.2) is 4.98 Å². The van der Waals surface area contributed by atoms with Gasteiger partial charge in [0.1, 0.15) is 0 Å². The van der Waals surface area contributed by atoms with Gasteiger partial charge < -0.3 is 24.2 Å². The van der Waals surface area contributed by atoms with Gasteiger partial charge in [0.05, 0.1) is 32.4 Å². The summed E-state index contributed by atoms with van der Waals surface area (Å²) in [7, 11) is 8.63. The summed E-state index contributed by atoms with van der Waals surface area (Å²) in [6.45, 7) is 2.43. The van der Waals surface area contributed by atoms with Crippen molar-refractivity contribution in [3.8, 4) is 29.5 Å². The van der Waals surface area contributed by atoms with Crippen LogP contribution in [0.2, 0.25) is 0 Å². The number of aromatic nitrogens is 2. The summed E-state index contributed by atoms with van der Waals surface area (Å²) in [5.41, 5.74) is 0.851. The Labute approximate surface area is 215 Å². The first-order valence-electron chi connectivity index (χ1n) is 11.3. The van der Waals surface area contributed by atoms with Crippen LogP contribution in [0.25, 0.3) is 10.9 Å². The number of halogens is 1. The second kappa shape index (κ2) is 11.7. The highest BCUT2D eigenvalue weighted by molar-refractivity contribution is 9.10. The van der Waals surface area contributed by atoms with Crippen molar-refractivity contribution in [3.63, 3.8) is 0 Å². The number of fused-ring (bicyclic) bond motifs is 1. The number of pyridine rings is 2. The number of hydrogen-bond donors (Lipinski definition) is 1. The maximum atomic E-state index is 12.5. The van der Waals surface area contributed by atoms with Gasteiger partial charge in [0.2, 0.25) is 17.6 Å². The van der Waals surface area contributed by atoms with Gasteiger partial charge in [-0.15, -0.1) is 11.8 Å². The second-order valence-corrected chi connectivity index (χ2v) is 9.44. The highest BCUT2D eigenvalue weighted by Gasteiger charge is 2.41. The van der Waals surface area contributed by atoms with E-state index >= 15 is 0 Å². The summed E-state index contributed by atoms with van der Waals surface area (Å²) in [4.78, 5) is 11.1. The zero-order valence-corrected chi connectivity index (χ0v) is 22.6. The number of methoxy groups -OCH3 is 3. The Morgan fingerprint density at radius 1 is 1.03 bits per heavy atom. The van der Waals surface area contributed by atoms with E-state index in [1.54, 1.807) is 40.4 Å². The average Bonchev–Trinajstić information content (AvgIpc) is 2.86. The van der Waals surface area contributed by atoms with Crippen LogP contribution in [0, 0.1) is 11.8 Å². The lowest BCUT2D eigenvalue weighted by atomic mass is 9.73. The van der Waals surface area contributed by atoms with Gasteiger partial charge in [-0.1, -0.05) is 15.9 Å². The molecular formula is C27H32BrN3O4. The zero-order chi connectivity index (χ0) is 25.6. The van der Waals surface area contributed by atoms with Crippen LogP contribution >= 0.6 is 15.9 Å².